The Morgan fingerprint density at radius 3 is 2.79 bits per heavy atom. The number of amides is 3. The molecule has 1 saturated heterocycles. The highest BCUT2D eigenvalue weighted by molar-refractivity contribution is 6.02. The summed E-state index contributed by atoms with van der Waals surface area (Å²) in [6.45, 7) is 2.08. The normalized spacial score (nSPS) is 35.7. The lowest BCUT2D eigenvalue weighted by atomic mass is 9.76. The fraction of sp³-hybridized carbons (Fsp3) is 0.769. The van der Waals surface area contributed by atoms with Crippen LogP contribution < -0.4 is 16.4 Å². The van der Waals surface area contributed by atoms with Crippen LogP contribution in [-0.2, 0) is 14.4 Å². The van der Waals surface area contributed by atoms with Crippen LogP contribution in [0.5, 0.6) is 0 Å². The minimum Gasteiger partial charge on any atom is -0.343 e. The highest BCUT2D eigenvalue weighted by Gasteiger charge is 2.40. The first-order valence-electron chi connectivity index (χ1n) is 6.84. The van der Waals surface area contributed by atoms with E-state index in [1.165, 1.54) is 0 Å². The molecular formula is C13H21N3O3. The predicted octanol–water partition coefficient (Wildman–Crippen LogP) is -0.185. The summed E-state index contributed by atoms with van der Waals surface area (Å²) < 4.78 is 0. The van der Waals surface area contributed by atoms with Crippen LogP contribution in [0.15, 0.2) is 0 Å². The van der Waals surface area contributed by atoms with Gasteiger partial charge in [0.1, 0.15) is 6.04 Å². The zero-order valence-corrected chi connectivity index (χ0v) is 11.2. The number of rotatable bonds is 2. The molecule has 6 nitrogen and oxygen atoms in total. The van der Waals surface area contributed by atoms with Gasteiger partial charge in [0, 0.05) is 6.42 Å². The number of imide groups is 1. The van der Waals surface area contributed by atoms with Crippen molar-refractivity contribution in [2.75, 3.05) is 0 Å². The predicted molar refractivity (Wildman–Crippen MR) is 68.9 cm³/mol. The molecule has 106 valence electrons. The van der Waals surface area contributed by atoms with Crippen LogP contribution in [0.25, 0.3) is 0 Å². The Balaban J connectivity index is 1.96. The molecule has 2 aliphatic rings. The third-order valence-corrected chi connectivity index (χ3v) is 4.03. The highest BCUT2D eigenvalue weighted by atomic mass is 16.2. The van der Waals surface area contributed by atoms with Crippen molar-refractivity contribution < 1.29 is 14.4 Å². The van der Waals surface area contributed by atoms with Crippen molar-refractivity contribution in [3.05, 3.63) is 0 Å². The number of hydrogen-bond donors (Lipinski definition) is 3. The average molecular weight is 267 g/mol. The number of carbonyl (C=O) groups excluding carboxylic acids is 3. The number of carbonyl (C=O) groups is 3. The van der Waals surface area contributed by atoms with Gasteiger partial charge in [-0.25, -0.2) is 0 Å². The number of hydrogen-bond acceptors (Lipinski definition) is 4. The summed E-state index contributed by atoms with van der Waals surface area (Å²) in [5.74, 6) is -0.568. The molecule has 0 aromatic rings. The van der Waals surface area contributed by atoms with Crippen molar-refractivity contribution in [3.63, 3.8) is 0 Å². The molecule has 1 aliphatic carbocycles. The fourth-order valence-electron chi connectivity index (χ4n) is 2.93. The quantitative estimate of drug-likeness (QED) is 0.604. The Hall–Kier alpha value is -1.43. The van der Waals surface area contributed by atoms with Crippen molar-refractivity contribution in [2.24, 2.45) is 11.7 Å². The Morgan fingerprint density at radius 2 is 2.16 bits per heavy atom. The summed E-state index contributed by atoms with van der Waals surface area (Å²) in [5, 5.41) is 4.92. The second-order valence-corrected chi connectivity index (χ2v) is 5.83. The summed E-state index contributed by atoms with van der Waals surface area (Å²) in [7, 11) is 0. The maximum absolute atomic E-state index is 12.3. The molecular weight excluding hydrogens is 246 g/mol. The maximum Gasteiger partial charge on any atom is 0.249 e. The molecule has 0 aromatic heterocycles. The van der Waals surface area contributed by atoms with Gasteiger partial charge in [-0.1, -0.05) is 19.8 Å². The molecule has 3 amide bonds. The van der Waals surface area contributed by atoms with E-state index in [1.54, 1.807) is 0 Å². The van der Waals surface area contributed by atoms with E-state index in [4.69, 9.17) is 5.73 Å². The van der Waals surface area contributed by atoms with Gasteiger partial charge in [0.05, 0.1) is 5.54 Å². The minimum atomic E-state index is -0.876. The Labute approximate surface area is 112 Å². The Morgan fingerprint density at radius 1 is 1.42 bits per heavy atom. The van der Waals surface area contributed by atoms with Crippen molar-refractivity contribution >= 4 is 17.7 Å². The van der Waals surface area contributed by atoms with Crippen molar-refractivity contribution in [3.8, 4) is 0 Å². The molecule has 3 unspecified atom stereocenters. The average Bonchev–Trinajstić information content (AvgIpc) is 2.32. The largest absolute Gasteiger partial charge is 0.343 e. The van der Waals surface area contributed by atoms with Gasteiger partial charge in [0.25, 0.3) is 0 Å². The Bertz CT molecular complexity index is 410. The molecule has 6 heteroatoms. The Kier molecular flexibility index (Phi) is 3.89. The molecule has 2 fully saturated rings. The van der Waals surface area contributed by atoms with Crippen LogP contribution in [0.2, 0.25) is 0 Å². The van der Waals surface area contributed by atoms with Crippen LogP contribution in [0.1, 0.15) is 45.4 Å². The van der Waals surface area contributed by atoms with Gasteiger partial charge < -0.3 is 11.1 Å². The van der Waals surface area contributed by atoms with Gasteiger partial charge in [0.15, 0.2) is 0 Å². The molecule has 1 aliphatic heterocycles. The standard InChI is InChI=1S/C13H21N3O3/c1-8-3-2-6-13(14,7-8)12(19)15-9-4-5-10(17)16-11(9)18/h8-9H,2-7,14H2,1H3,(H,15,19)(H,16,17,18). The van der Waals surface area contributed by atoms with E-state index in [9.17, 15) is 14.4 Å². The third-order valence-electron chi connectivity index (χ3n) is 4.03. The van der Waals surface area contributed by atoms with Gasteiger partial charge in [-0.15, -0.1) is 0 Å². The summed E-state index contributed by atoms with van der Waals surface area (Å²) in [6.07, 6.45) is 3.92. The molecule has 2 rings (SSSR count). The second-order valence-electron chi connectivity index (χ2n) is 5.83. The SMILES string of the molecule is CC1CCCC(N)(C(=O)NC2CCC(=O)NC2=O)C1. The molecule has 4 N–H and O–H groups in total. The van der Waals surface area contributed by atoms with Gasteiger partial charge in [-0.3, -0.25) is 19.7 Å². The van der Waals surface area contributed by atoms with Crippen LogP contribution in [0, 0.1) is 5.92 Å². The van der Waals surface area contributed by atoms with E-state index in [1.807, 2.05) is 0 Å². The van der Waals surface area contributed by atoms with Gasteiger partial charge in [0.2, 0.25) is 17.7 Å². The van der Waals surface area contributed by atoms with Gasteiger partial charge in [-0.05, 0) is 25.2 Å². The first kappa shape index (κ1) is 14.0. The summed E-state index contributed by atoms with van der Waals surface area (Å²) in [6, 6.07) is -0.636. The van der Waals surface area contributed by atoms with E-state index < -0.39 is 17.5 Å². The first-order chi connectivity index (χ1) is 8.90. The lowest BCUT2D eigenvalue weighted by molar-refractivity contribution is -0.139. The summed E-state index contributed by atoms with van der Waals surface area (Å²) >= 11 is 0. The van der Waals surface area contributed by atoms with E-state index in [0.717, 1.165) is 12.8 Å². The minimum absolute atomic E-state index is 0.255. The van der Waals surface area contributed by atoms with Crippen molar-refractivity contribution in [1.29, 1.82) is 0 Å². The molecule has 3 atom stereocenters. The van der Waals surface area contributed by atoms with E-state index in [2.05, 4.69) is 17.6 Å². The summed E-state index contributed by atoms with van der Waals surface area (Å²) in [4.78, 5) is 34.9. The maximum atomic E-state index is 12.3. The monoisotopic (exact) mass is 267 g/mol. The van der Waals surface area contributed by atoms with Gasteiger partial charge >= 0.3 is 0 Å². The lowest BCUT2D eigenvalue weighted by Gasteiger charge is -2.36. The molecule has 1 heterocycles. The highest BCUT2D eigenvalue weighted by Crippen LogP contribution is 2.30. The molecule has 19 heavy (non-hydrogen) atoms. The fourth-order valence-corrected chi connectivity index (χ4v) is 2.93. The number of piperidine rings is 1. The number of nitrogens with one attached hydrogen (secondary N) is 2. The molecule has 0 radical (unpaired) electrons. The smallest absolute Gasteiger partial charge is 0.249 e. The van der Waals surface area contributed by atoms with Crippen LogP contribution >= 0.6 is 0 Å². The molecule has 0 spiro atoms. The van der Waals surface area contributed by atoms with Gasteiger partial charge in [-0.2, -0.15) is 0 Å². The number of nitrogens with two attached hydrogens (primary N) is 1. The van der Waals surface area contributed by atoms with E-state index in [-0.39, 0.29) is 18.2 Å². The lowest BCUT2D eigenvalue weighted by Crippen LogP contribution is -2.61. The first-order valence-corrected chi connectivity index (χ1v) is 6.84. The van der Waals surface area contributed by atoms with Crippen LogP contribution in [0.3, 0.4) is 0 Å². The van der Waals surface area contributed by atoms with E-state index in [0.29, 0.717) is 25.2 Å². The third kappa shape index (κ3) is 3.12. The topological polar surface area (TPSA) is 101 Å². The van der Waals surface area contributed by atoms with Crippen molar-refractivity contribution in [1.82, 2.24) is 10.6 Å². The second kappa shape index (κ2) is 5.28. The van der Waals surface area contributed by atoms with E-state index >= 15 is 0 Å². The van der Waals surface area contributed by atoms with Crippen LogP contribution in [0.4, 0.5) is 0 Å². The molecule has 1 saturated carbocycles. The molecule has 0 bridgehead atoms. The van der Waals surface area contributed by atoms with Crippen LogP contribution in [-0.4, -0.2) is 29.3 Å². The zero-order chi connectivity index (χ0) is 14.0. The zero-order valence-electron chi connectivity index (χ0n) is 11.2. The molecule has 0 aromatic carbocycles. The summed E-state index contributed by atoms with van der Waals surface area (Å²) in [5.41, 5.74) is 5.30. The van der Waals surface area contributed by atoms with Crippen molar-refractivity contribution in [2.45, 2.75) is 57.0 Å².